The molecular formula is C11H19N5O. The van der Waals surface area contributed by atoms with Crippen molar-refractivity contribution < 1.29 is 4.79 Å². The van der Waals surface area contributed by atoms with Crippen molar-refractivity contribution in [3.05, 3.63) is 11.9 Å². The van der Waals surface area contributed by atoms with E-state index >= 15 is 0 Å². The van der Waals surface area contributed by atoms with Gasteiger partial charge in [0.25, 0.3) is 5.91 Å². The van der Waals surface area contributed by atoms with E-state index in [4.69, 9.17) is 0 Å². The second-order valence-electron chi connectivity index (χ2n) is 4.62. The van der Waals surface area contributed by atoms with Crippen LogP contribution in [0.15, 0.2) is 6.20 Å². The maximum absolute atomic E-state index is 12.0. The van der Waals surface area contributed by atoms with Gasteiger partial charge in [-0.25, -0.2) is 0 Å². The number of aryl methyl sites for hydroxylation is 1. The molecule has 1 fully saturated rings. The van der Waals surface area contributed by atoms with E-state index in [1.54, 1.807) is 11.9 Å². The van der Waals surface area contributed by atoms with Crippen molar-refractivity contribution in [3.8, 4) is 0 Å². The molecule has 0 saturated carbocycles. The van der Waals surface area contributed by atoms with Crippen LogP contribution in [0.4, 0.5) is 0 Å². The Morgan fingerprint density at radius 3 is 3.12 bits per heavy atom. The fourth-order valence-electron chi connectivity index (χ4n) is 2.19. The van der Waals surface area contributed by atoms with E-state index in [2.05, 4.69) is 15.5 Å². The van der Waals surface area contributed by atoms with Crippen LogP contribution in [0.3, 0.4) is 0 Å². The third kappa shape index (κ3) is 3.03. The van der Waals surface area contributed by atoms with Crippen LogP contribution in [-0.4, -0.2) is 52.5 Å². The summed E-state index contributed by atoms with van der Waals surface area (Å²) >= 11 is 0. The minimum absolute atomic E-state index is 0.0522. The maximum Gasteiger partial charge on any atom is 0.275 e. The minimum atomic E-state index is -0.0522. The molecule has 1 aromatic rings. The number of hydrogen-bond acceptors (Lipinski definition) is 4. The van der Waals surface area contributed by atoms with Crippen molar-refractivity contribution in [2.45, 2.75) is 12.8 Å². The molecule has 1 atom stereocenters. The van der Waals surface area contributed by atoms with Crippen LogP contribution in [0.5, 0.6) is 0 Å². The number of aromatic nitrogens is 3. The number of amides is 1. The maximum atomic E-state index is 12.0. The molecule has 2 heterocycles. The number of nitrogens with zero attached hydrogens (tertiary/aromatic N) is 4. The van der Waals surface area contributed by atoms with E-state index in [0.29, 0.717) is 11.6 Å². The SMILES string of the molecule is CN(CC1CCCNC1)C(=O)c1cnn(C)n1. The zero-order valence-corrected chi connectivity index (χ0v) is 10.4. The predicted molar refractivity (Wildman–Crippen MR) is 63.6 cm³/mol. The summed E-state index contributed by atoms with van der Waals surface area (Å²) in [5.41, 5.74) is 0.416. The third-order valence-electron chi connectivity index (χ3n) is 3.10. The van der Waals surface area contributed by atoms with Crippen molar-refractivity contribution in [2.24, 2.45) is 13.0 Å². The minimum Gasteiger partial charge on any atom is -0.340 e. The van der Waals surface area contributed by atoms with Crippen LogP contribution in [0.1, 0.15) is 23.3 Å². The summed E-state index contributed by atoms with van der Waals surface area (Å²) in [5, 5.41) is 11.3. The molecule has 1 saturated heterocycles. The largest absolute Gasteiger partial charge is 0.340 e. The van der Waals surface area contributed by atoms with E-state index in [1.807, 2.05) is 7.05 Å². The van der Waals surface area contributed by atoms with Gasteiger partial charge in [-0.2, -0.15) is 9.90 Å². The number of piperidine rings is 1. The highest BCUT2D eigenvalue weighted by atomic mass is 16.2. The van der Waals surface area contributed by atoms with Gasteiger partial charge in [-0.1, -0.05) is 0 Å². The fraction of sp³-hybridized carbons (Fsp3) is 0.727. The average Bonchev–Trinajstić information content (AvgIpc) is 2.76. The number of carbonyl (C=O) groups is 1. The highest BCUT2D eigenvalue weighted by Gasteiger charge is 2.20. The Morgan fingerprint density at radius 1 is 1.71 bits per heavy atom. The second kappa shape index (κ2) is 5.27. The Bertz CT molecular complexity index is 383. The molecule has 2 rings (SSSR count). The number of hydrogen-bond donors (Lipinski definition) is 1. The van der Waals surface area contributed by atoms with Gasteiger partial charge >= 0.3 is 0 Å². The van der Waals surface area contributed by atoms with E-state index in [9.17, 15) is 4.79 Å². The van der Waals surface area contributed by atoms with Crippen molar-refractivity contribution >= 4 is 5.91 Å². The van der Waals surface area contributed by atoms with E-state index in [-0.39, 0.29) is 5.91 Å². The monoisotopic (exact) mass is 237 g/mol. The lowest BCUT2D eigenvalue weighted by Gasteiger charge is -2.27. The summed E-state index contributed by atoms with van der Waals surface area (Å²) in [4.78, 5) is 15.2. The quantitative estimate of drug-likeness (QED) is 0.796. The van der Waals surface area contributed by atoms with E-state index < -0.39 is 0 Å². The van der Waals surface area contributed by atoms with Gasteiger partial charge in [0.05, 0.1) is 6.20 Å². The van der Waals surface area contributed by atoms with Crippen LogP contribution in [-0.2, 0) is 7.05 Å². The molecule has 17 heavy (non-hydrogen) atoms. The van der Waals surface area contributed by atoms with Gasteiger partial charge in [0.15, 0.2) is 5.69 Å². The Balaban J connectivity index is 1.90. The summed E-state index contributed by atoms with van der Waals surface area (Å²) in [6, 6.07) is 0. The summed E-state index contributed by atoms with van der Waals surface area (Å²) in [6.07, 6.45) is 3.89. The zero-order chi connectivity index (χ0) is 12.3. The molecule has 1 N–H and O–H groups in total. The first-order valence-corrected chi connectivity index (χ1v) is 5.99. The summed E-state index contributed by atoms with van der Waals surface area (Å²) in [7, 11) is 3.54. The normalized spacial score (nSPS) is 20.2. The first kappa shape index (κ1) is 12.0. The lowest BCUT2D eigenvalue weighted by Crippen LogP contribution is -2.39. The van der Waals surface area contributed by atoms with Gasteiger partial charge in [0.2, 0.25) is 0 Å². The van der Waals surface area contributed by atoms with E-state index in [0.717, 1.165) is 19.6 Å². The molecule has 0 bridgehead atoms. The van der Waals surface area contributed by atoms with Crippen molar-refractivity contribution in [1.29, 1.82) is 0 Å². The Kier molecular flexibility index (Phi) is 3.73. The molecule has 1 unspecified atom stereocenters. The molecule has 0 spiro atoms. The average molecular weight is 237 g/mol. The smallest absolute Gasteiger partial charge is 0.275 e. The van der Waals surface area contributed by atoms with Crippen LogP contribution in [0.2, 0.25) is 0 Å². The fourth-order valence-corrected chi connectivity index (χ4v) is 2.19. The van der Waals surface area contributed by atoms with E-state index in [1.165, 1.54) is 23.8 Å². The summed E-state index contributed by atoms with van der Waals surface area (Å²) < 4.78 is 0. The molecule has 0 aromatic carbocycles. The molecule has 6 nitrogen and oxygen atoms in total. The molecule has 1 aliphatic heterocycles. The molecule has 0 radical (unpaired) electrons. The number of carbonyl (C=O) groups excluding carboxylic acids is 1. The number of nitrogens with one attached hydrogen (secondary N) is 1. The van der Waals surface area contributed by atoms with Crippen LogP contribution < -0.4 is 5.32 Å². The van der Waals surface area contributed by atoms with Gasteiger partial charge in [0.1, 0.15) is 0 Å². The first-order valence-electron chi connectivity index (χ1n) is 5.99. The van der Waals surface area contributed by atoms with Gasteiger partial charge in [-0.3, -0.25) is 4.79 Å². The standard InChI is InChI=1S/C11H19N5O/c1-15(8-9-4-3-5-12-6-9)11(17)10-7-13-16(2)14-10/h7,9,12H,3-6,8H2,1-2H3. The highest BCUT2D eigenvalue weighted by Crippen LogP contribution is 2.12. The Labute approximate surface area is 101 Å². The van der Waals surface area contributed by atoms with Gasteiger partial charge < -0.3 is 10.2 Å². The molecule has 1 amide bonds. The van der Waals surface area contributed by atoms with Crippen molar-refractivity contribution in [1.82, 2.24) is 25.2 Å². The van der Waals surface area contributed by atoms with Gasteiger partial charge in [-0.05, 0) is 31.8 Å². The lowest BCUT2D eigenvalue weighted by atomic mass is 9.99. The predicted octanol–water partition coefficient (Wildman–Crippen LogP) is -0.113. The molecule has 6 heteroatoms. The van der Waals surface area contributed by atoms with Crippen LogP contribution in [0.25, 0.3) is 0 Å². The van der Waals surface area contributed by atoms with Gasteiger partial charge in [0, 0.05) is 20.6 Å². The van der Waals surface area contributed by atoms with Gasteiger partial charge in [-0.15, -0.1) is 5.10 Å². The molecule has 94 valence electrons. The molecule has 0 aliphatic carbocycles. The Morgan fingerprint density at radius 2 is 2.53 bits per heavy atom. The Hall–Kier alpha value is -1.43. The molecular weight excluding hydrogens is 218 g/mol. The number of rotatable bonds is 3. The van der Waals surface area contributed by atoms with Crippen LogP contribution >= 0.6 is 0 Å². The van der Waals surface area contributed by atoms with Crippen molar-refractivity contribution in [3.63, 3.8) is 0 Å². The molecule has 1 aliphatic rings. The zero-order valence-electron chi connectivity index (χ0n) is 10.4. The van der Waals surface area contributed by atoms with Crippen LogP contribution in [0, 0.1) is 5.92 Å². The van der Waals surface area contributed by atoms with Crippen molar-refractivity contribution in [2.75, 3.05) is 26.7 Å². The molecule has 1 aromatic heterocycles. The summed E-state index contributed by atoms with van der Waals surface area (Å²) in [6.45, 7) is 2.87. The summed E-state index contributed by atoms with van der Waals surface area (Å²) in [5.74, 6) is 0.498. The second-order valence-corrected chi connectivity index (χ2v) is 4.62. The third-order valence-corrected chi connectivity index (χ3v) is 3.10. The topological polar surface area (TPSA) is 63.1 Å². The highest BCUT2D eigenvalue weighted by molar-refractivity contribution is 5.91. The first-order chi connectivity index (χ1) is 8.16. The lowest BCUT2D eigenvalue weighted by molar-refractivity contribution is 0.0758.